The van der Waals surface area contributed by atoms with Gasteiger partial charge in [-0.25, -0.2) is 4.98 Å². The summed E-state index contributed by atoms with van der Waals surface area (Å²) in [4.78, 5) is 23.3. The molecule has 0 bridgehead atoms. The van der Waals surface area contributed by atoms with Crippen molar-refractivity contribution >= 4 is 28.6 Å². The van der Waals surface area contributed by atoms with Crippen LogP contribution < -0.4 is 10.2 Å². The molecule has 3 aromatic rings. The van der Waals surface area contributed by atoms with Gasteiger partial charge in [0.1, 0.15) is 5.01 Å². The average Bonchev–Trinajstić information content (AvgIpc) is 3.13. The van der Waals surface area contributed by atoms with Gasteiger partial charge in [0.25, 0.3) is 0 Å². The first-order chi connectivity index (χ1) is 12.7. The van der Waals surface area contributed by atoms with Crippen LogP contribution in [0.5, 0.6) is 0 Å². The van der Waals surface area contributed by atoms with E-state index in [1.165, 1.54) is 11.3 Å². The maximum Gasteiger partial charge on any atom is 0.230 e. The summed E-state index contributed by atoms with van der Waals surface area (Å²) in [5, 5.41) is 5.67. The first kappa shape index (κ1) is 18.1. The highest BCUT2D eigenvalue weighted by Crippen LogP contribution is 2.22. The summed E-state index contributed by atoms with van der Waals surface area (Å²) in [6.45, 7) is 6.19. The molecule has 2 heterocycles. The fourth-order valence-electron chi connectivity index (χ4n) is 2.71. The van der Waals surface area contributed by atoms with Gasteiger partial charge in [0.15, 0.2) is 0 Å². The Kier molecular flexibility index (Phi) is 5.96. The smallest absolute Gasteiger partial charge is 0.230 e. The number of nitrogens with zero attached hydrogens (tertiary/aromatic N) is 3. The normalized spacial score (nSPS) is 10.5. The van der Waals surface area contributed by atoms with E-state index in [0.717, 1.165) is 40.9 Å². The van der Waals surface area contributed by atoms with E-state index in [-0.39, 0.29) is 12.3 Å². The Balaban J connectivity index is 1.60. The lowest BCUT2D eigenvalue weighted by atomic mass is 10.2. The lowest BCUT2D eigenvalue weighted by Crippen LogP contribution is -2.21. The Morgan fingerprint density at radius 1 is 1.12 bits per heavy atom. The monoisotopic (exact) mass is 366 g/mol. The number of nitrogens with one attached hydrogen (secondary N) is 1. The molecule has 0 atom stereocenters. The minimum absolute atomic E-state index is 0.0709. The Labute approximate surface area is 157 Å². The Bertz CT molecular complexity index is 842. The number of hydrogen-bond donors (Lipinski definition) is 1. The molecule has 2 aromatic heterocycles. The molecule has 0 saturated heterocycles. The molecule has 134 valence electrons. The van der Waals surface area contributed by atoms with Gasteiger partial charge in [0.2, 0.25) is 5.91 Å². The molecule has 0 radical (unpaired) electrons. The van der Waals surface area contributed by atoms with Crippen LogP contribution in [-0.4, -0.2) is 29.0 Å². The summed E-state index contributed by atoms with van der Waals surface area (Å²) in [6.07, 6.45) is 1.99. The van der Waals surface area contributed by atoms with Gasteiger partial charge in [-0.05, 0) is 50.2 Å². The first-order valence-corrected chi connectivity index (χ1v) is 9.58. The maximum absolute atomic E-state index is 12.3. The predicted octanol–water partition coefficient (Wildman–Crippen LogP) is 4.23. The van der Waals surface area contributed by atoms with Gasteiger partial charge >= 0.3 is 0 Å². The number of anilines is 2. The molecule has 3 rings (SSSR count). The summed E-state index contributed by atoms with van der Waals surface area (Å²) in [7, 11) is 0. The van der Waals surface area contributed by atoms with Crippen LogP contribution in [-0.2, 0) is 11.2 Å². The van der Waals surface area contributed by atoms with Crippen molar-refractivity contribution in [3.8, 4) is 10.7 Å². The zero-order valence-electron chi connectivity index (χ0n) is 15.0. The topological polar surface area (TPSA) is 58.1 Å². The molecule has 0 aliphatic carbocycles. The average molecular weight is 366 g/mol. The Hall–Kier alpha value is -2.73. The van der Waals surface area contributed by atoms with Crippen LogP contribution in [0, 0.1) is 0 Å². The number of benzene rings is 1. The van der Waals surface area contributed by atoms with Gasteiger partial charge in [-0.2, -0.15) is 0 Å². The summed E-state index contributed by atoms with van der Waals surface area (Å²) in [5.41, 5.74) is 3.54. The number of pyridine rings is 1. The summed E-state index contributed by atoms with van der Waals surface area (Å²) < 4.78 is 0. The van der Waals surface area contributed by atoms with Crippen molar-refractivity contribution in [3.05, 3.63) is 59.7 Å². The van der Waals surface area contributed by atoms with E-state index in [2.05, 4.69) is 34.0 Å². The molecule has 6 heteroatoms. The summed E-state index contributed by atoms with van der Waals surface area (Å²) in [5.74, 6) is -0.0709. The van der Waals surface area contributed by atoms with Gasteiger partial charge in [0, 0.05) is 36.0 Å². The minimum Gasteiger partial charge on any atom is -0.372 e. The minimum atomic E-state index is -0.0709. The van der Waals surface area contributed by atoms with Crippen molar-refractivity contribution in [1.29, 1.82) is 0 Å². The van der Waals surface area contributed by atoms with Crippen molar-refractivity contribution < 1.29 is 4.79 Å². The third kappa shape index (κ3) is 4.46. The largest absolute Gasteiger partial charge is 0.372 e. The predicted molar refractivity (Wildman–Crippen MR) is 108 cm³/mol. The third-order valence-corrected chi connectivity index (χ3v) is 4.97. The molecule has 0 saturated carbocycles. The Morgan fingerprint density at radius 2 is 1.88 bits per heavy atom. The van der Waals surface area contributed by atoms with Crippen LogP contribution in [0.2, 0.25) is 0 Å². The lowest BCUT2D eigenvalue weighted by Gasteiger charge is -2.21. The highest BCUT2D eigenvalue weighted by molar-refractivity contribution is 7.13. The van der Waals surface area contributed by atoms with E-state index in [9.17, 15) is 4.79 Å². The van der Waals surface area contributed by atoms with Crippen LogP contribution in [0.25, 0.3) is 10.7 Å². The second-order valence-corrected chi connectivity index (χ2v) is 6.66. The van der Waals surface area contributed by atoms with Crippen LogP contribution in [0.1, 0.15) is 19.5 Å². The molecule has 1 N–H and O–H groups in total. The van der Waals surface area contributed by atoms with Gasteiger partial charge in [0.05, 0.1) is 17.8 Å². The van der Waals surface area contributed by atoms with Crippen molar-refractivity contribution in [2.45, 2.75) is 20.3 Å². The van der Waals surface area contributed by atoms with Crippen LogP contribution in [0.4, 0.5) is 11.4 Å². The molecule has 26 heavy (non-hydrogen) atoms. The van der Waals surface area contributed by atoms with Gasteiger partial charge < -0.3 is 10.2 Å². The van der Waals surface area contributed by atoms with Crippen LogP contribution in [0.3, 0.4) is 0 Å². The first-order valence-electron chi connectivity index (χ1n) is 8.70. The van der Waals surface area contributed by atoms with E-state index in [4.69, 9.17) is 0 Å². The van der Waals surface area contributed by atoms with E-state index < -0.39 is 0 Å². The van der Waals surface area contributed by atoms with Crippen LogP contribution in [0.15, 0.2) is 54.0 Å². The van der Waals surface area contributed by atoms with E-state index >= 15 is 0 Å². The number of thiazole rings is 1. The van der Waals surface area contributed by atoms with Gasteiger partial charge in [-0.1, -0.05) is 6.07 Å². The van der Waals surface area contributed by atoms with Crippen molar-refractivity contribution in [2.24, 2.45) is 0 Å². The van der Waals surface area contributed by atoms with Gasteiger partial charge in [-0.3, -0.25) is 9.78 Å². The molecular formula is C20H22N4OS. The highest BCUT2D eigenvalue weighted by atomic mass is 32.1. The molecule has 0 aliphatic rings. The molecule has 1 amide bonds. The maximum atomic E-state index is 12.3. The number of carbonyl (C=O) groups excluding carboxylic acids is 1. The van der Waals surface area contributed by atoms with Crippen molar-refractivity contribution in [1.82, 2.24) is 9.97 Å². The molecular weight excluding hydrogens is 344 g/mol. The SMILES string of the molecule is CCN(CC)c1ccc(NC(=O)Cc2csc(-c3ccccn3)n2)cc1. The zero-order valence-corrected chi connectivity index (χ0v) is 15.8. The number of carbonyl (C=O) groups is 1. The van der Waals surface area contributed by atoms with E-state index in [1.54, 1.807) is 6.20 Å². The molecule has 0 spiro atoms. The van der Waals surface area contributed by atoms with E-state index in [1.807, 2.05) is 47.8 Å². The van der Waals surface area contributed by atoms with Gasteiger partial charge in [-0.15, -0.1) is 11.3 Å². The highest BCUT2D eigenvalue weighted by Gasteiger charge is 2.10. The Morgan fingerprint density at radius 3 is 2.54 bits per heavy atom. The summed E-state index contributed by atoms with van der Waals surface area (Å²) in [6, 6.07) is 13.7. The zero-order chi connectivity index (χ0) is 18.4. The quantitative estimate of drug-likeness (QED) is 0.680. The second kappa shape index (κ2) is 8.58. The lowest BCUT2D eigenvalue weighted by molar-refractivity contribution is -0.115. The molecule has 5 nitrogen and oxygen atoms in total. The second-order valence-electron chi connectivity index (χ2n) is 5.80. The number of hydrogen-bond acceptors (Lipinski definition) is 5. The number of rotatable bonds is 7. The molecule has 1 aromatic carbocycles. The van der Waals surface area contributed by atoms with Crippen molar-refractivity contribution in [2.75, 3.05) is 23.3 Å². The third-order valence-electron chi connectivity index (χ3n) is 4.06. The van der Waals surface area contributed by atoms with Crippen molar-refractivity contribution in [3.63, 3.8) is 0 Å². The fourth-order valence-corrected chi connectivity index (χ4v) is 3.50. The van der Waals surface area contributed by atoms with E-state index in [0.29, 0.717) is 0 Å². The number of amides is 1. The standard InChI is InChI=1S/C20H22N4OS/c1-3-24(4-2)17-10-8-15(9-11-17)22-19(25)13-16-14-26-20(23-16)18-7-5-6-12-21-18/h5-12,14H,3-4,13H2,1-2H3,(H,22,25). The molecule has 0 fully saturated rings. The fraction of sp³-hybridized carbons (Fsp3) is 0.250. The van der Waals surface area contributed by atoms with Crippen LogP contribution >= 0.6 is 11.3 Å². The summed E-state index contributed by atoms with van der Waals surface area (Å²) >= 11 is 1.50. The molecule has 0 aliphatic heterocycles. The number of aromatic nitrogens is 2. The molecule has 0 unspecified atom stereocenters.